The van der Waals surface area contributed by atoms with Gasteiger partial charge >= 0.3 is 6.09 Å². The lowest BCUT2D eigenvalue weighted by molar-refractivity contribution is 0.0921. The largest absolute Gasteiger partial charge is 0.465 e. The minimum Gasteiger partial charge on any atom is -0.465 e. The number of amides is 1. The maximum Gasteiger partial charge on any atom is 0.412 e. The Balaban J connectivity index is 2.61. The lowest BCUT2D eigenvalue weighted by Crippen LogP contribution is -2.48. The van der Waals surface area contributed by atoms with Gasteiger partial charge in [0.25, 0.3) is 0 Å². The van der Waals surface area contributed by atoms with Crippen molar-refractivity contribution in [3.05, 3.63) is 42.5 Å². The summed E-state index contributed by atoms with van der Waals surface area (Å²) in [6, 6.07) is 6.03. The lowest BCUT2D eigenvalue weighted by atomic mass is 9.82. The molecule has 1 atom stereocenters. The molecule has 0 aliphatic carbocycles. The molecule has 1 aliphatic heterocycles. The number of para-hydroxylation sites is 1. The summed E-state index contributed by atoms with van der Waals surface area (Å²) >= 11 is 0. The number of anilines is 1. The number of carbonyl (C=O) groups excluding carboxylic acids is 1. The molecule has 0 saturated carbocycles. The molecule has 4 heteroatoms. The van der Waals surface area contributed by atoms with Gasteiger partial charge in [-0.05, 0) is 12.1 Å². The highest BCUT2D eigenvalue weighted by atomic mass is 16.4. The first-order valence-electron chi connectivity index (χ1n) is 5.69. The van der Waals surface area contributed by atoms with E-state index in [-0.39, 0.29) is 5.78 Å². The molecule has 1 aliphatic rings. The third kappa shape index (κ3) is 1.61. The van der Waals surface area contributed by atoms with E-state index in [1.807, 2.05) is 13.8 Å². The molecule has 1 unspecified atom stereocenters. The second-order valence-corrected chi connectivity index (χ2v) is 4.96. The van der Waals surface area contributed by atoms with E-state index in [4.69, 9.17) is 0 Å². The van der Waals surface area contributed by atoms with E-state index >= 15 is 0 Å². The highest BCUT2D eigenvalue weighted by Crippen LogP contribution is 2.40. The zero-order valence-corrected chi connectivity index (χ0v) is 10.4. The van der Waals surface area contributed by atoms with E-state index in [2.05, 4.69) is 6.58 Å². The summed E-state index contributed by atoms with van der Waals surface area (Å²) in [5.74, 6) is -0.169. The Hall–Kier alpha value is -2.10. The van der Waals surface area contributed by atoms with Crippen LogP contribution in [-0.4, -0.2) is 23.0 Å². The molecule has 4 nitrogen and oxygen atoms in total. The molecule has 1 heterocycles. The SMILES string of the molecule is C=CC(C)(C)C1C(=O)c2ccccc2N1C(=O)O. The van der Waals surface area contributed by atoms with Gasteiger partial charge in [0.15, 0.2) is 5.78 Å². The summed E-state index contributed by atoms with van der Waals surface area (Å²) in [5, 5.41) is 9.35. The van der Waals surface area contributed by atoms with Crippen LogP contribution >= 0.6 is 0 Å². The molecule has 1 aromatic carbocycles. The molecular weight excluding hydrogens is 230 g/mol. The number of rotatable bonds is 2. The fraction of sp³-hybridized carbons (Fsp3) is 0.286. The van der Waals surface area contributed by atoms with Crippen LogP contribution < -0.4 is 4.90 Å². The van der Waals surface area contributed by atoms with Gasteiger partial charge in [-0.2, -0.15) is 0 Å². The van der Waals surface area contributed by atoms with Crippen molar-refractivity contribution in [2.45, 2.75) is 19.9 Å². The third-order valence-electron chi connectivity index (χ3n) is 3.37. The van der Waals surface area contributed by atoms with Crippen LogP contribution in [0.1, 0.15) is 24.2 Å². The number of fused-ring (bicyclic) bond motifs is 1. The Bertz CT molecular complexity index is 534. The normalized spacial score (nSPS) is 18.7. The smallest absolute Gasteiger partial charge is 0.412 e. The summed E-state index contributed by atoms with van der Waals surface area (Å²) in [6.45, 7) is 7.32. The van der Waals surface area contributed by atoms with Crippen LogP contribution in [0.4, 0.5) is 10.5 Å². The topological polar surface area (TPSA) is 57.6 Å². The molecule has 1 aromatic rings. The molecule has 0 spiro atoms. The second kappa shape index (κ2) is 3.98. The minimum atomic E-state index is -1.12. The Morgan fingerprint density at radius 3 is 2.61 bits per heavy atom. The van der Waals surface area contributed by atoms with E-state index < -0.39 is 17.6 Å². The molecule has 18 heavy (non-hydrogen) atoms. The number of Topliss-reactive ketones (excluding diaryl/α,β-unsaturated/α-hetero) is 1. The first-order chi connectivity index (χ1) is 8.40. The second-order valence-electron chi connectivity index (χ2n) is 4.96. The van der Waals surface area contributed by atoms with Gasteiger partial charge in [0, 0.05) is 11.0 Å². The molecule has 0 radical (unpaired) electrons. The summed E-state index contributed by atoms with van der Waals surface area (Å²) < 4.78 is 0. The number of hydrogen-bond acceptors (Lipinski definition) is 2. The van der Waals surface area contributed by atoms with Crippen molar-refractivity contribution in [3.8, 4) is 0 Å². The average Bonchev–Trinajstić information content (AvgIpc) is 2.64. The molecule has 2 rings (SSSR count). The van der Waals surface area contributed by atoms with Crippen molar-refractivity contribution in [2.75, 3.05) is 4.90 Å². The fourth-order valence-electron chi connectivity index (χ4n) is 2.29. The maximum atomic E-state index is 12.4. The van der Waals surface area contributed by atoms with Gasteiger partial charge in [-0.3, -0.25) is 9.69 Å². The van der Waals surface area contributed by atoms with Crippen LogP contribution in [0, 0.1) is 5.41 Å². The summed E-state index contributed by atoms with van der Waals surface area (Å²) in [4.78, 5) is 24.9. The van der Waals surface area contributed by atoms with Gasteiger partial charge in [0.1, 0.15) is 6.04 Å². The molecule has 0 saturated heterocycles. The Morgan fingerprint density at radius 1 is 1.44 bits per heavy atom. The van der Waals surface area contributed by atoms with E-state index in [0.29, 0.717) is 11.3 Å². The van der Waals surface area contributed by atoms with E-state index in [0.717, 1.165) is 4.90 Å². The first-order valence-corrected chi connectivity index (χ1v) is 5.69. The van der Waals surface area contributed by atoms with Gasteiger partial charge in [-0.25, -0.2) is 4.79 Å². The quantitative estimate of drug-likeness (QED) is 0.815. The predicted octanol–water partition coefficient (Wildman–Crippen LogP) is 2.95. The van der Waals surface area contributed by atoms with Crippen molar-refractivity contribution in [3.63, 3.8) is 0 Å². The maximum absolute atomic E-state index is 12.4. The first kappa shape index (κ1) is 12.4. The zero-order chi connectivity index (χ0) is 13.5. The van der Waals surface area contributed by atoms with Crippen LogP contribution in [0.5, 0.6) is 0 Å². The minimum absolute atomic E-state index is 0.169. The van der Waals surface area contributed by atoms with Crippen molar-refractivity contribution in [2.24, 2.45) is 5.41 Å². The van der Waals surface area contributed by atoms with E-state index in [1.54, 1.807) is 30.3 Å². The molecule has 0 aromatic heterocycles. The molecule has 1 N–H and O–H groups in total. The molecule has 94 valence electrons. The number of carbonyl (C=O) groups is 2. The molecule has 0 bridgehead atoms. The van der Waals surface area contributed by atoms with Gasteiger partial charge in [-0.15, -0.1) is 6.58 Å². The Labute approximate surface area is 106 Å². The zero-order valence-electron chi connectivity index (χ0n) is 10.4. The van der Waals surface area contributed by atoms with Crippen LogP contribution in [-0.2, 0) is 0 Å². The van der Waals surface area contributed by atoms with Crippen LogP contribution in [0.15, 0.2) is 36.9 Å². The van der Waals surface area contributed by atoms with Crippen LogP contribution in [0.25, 0.3) is 0 Å². The van der Waals surface area contributed by atoms with Gasteiger partial charge in [-0.1, -0.05) is 32.1 Å². The number of nitrogens with zero attached hydrogens (tertiary/aromatic N) is 1. The average molecular weight is 245 g/mol. The van der Waals surface area contributed by atoms with Crippen molar-refractivity contribution in [1.82, 2.24) is 0 Å². The van der Waals surface area contributed by atoms with Gasteiger partial charge in [0.2, 0.25) is 0 Å². The standard InChI is InChI=1S/C14H15NO3/c1-4-14(2,3)12-11(16)9-7-5-6-8-10(9)15(12)13(17)18/h4-8,12H,1H2,2-3H3,(H,17,18). The number of carboxylic acid groups (broad SMARTS) is 1. The van der Waals surface area contributed by atoms with Crippen molar-refractivity contribution in [1.29, 1.82) is 0 Å². The highest BCUT2D eigenvalue weighted by molar-refractivity contribution is 6.16. The monoisotopic (exact) mass is 245 g/mol. The number of benzene rings is 1. The van der Waals surface area contributed by atoms with Crippen LogP contribution in [0.3, 0.4) is 0 Å². The highest BCUT2D eigenvalue weighted by Gasteiger charge is 2.47. The number of hydrogen-bond donors (Lipinski definition) is 1. The predicted molar refractivity (Wildman–Crippen MR) is 69.0 cm³/mol. The summed E-state index contributed by atoms with van der Waals surface area (Å²) in [6.07, 6.45) is 0.505. The molecule has 1 amide bonds. The third-order valence-corrected chi connectivity index (χ3v) is 3.37. The van der Waals surface area contributed by atoms with Crippen LogP contribution in [0.2, 0.25) is 0 Å². The number of ketones is 1. The van der Waals surface area contributed by atoms with Crippen molar-refractivity contribution >= 4 is 17.6 Å². The molecule has 0 fully saturated rings. The van der Waals surface area contributed by atoms with Gasteiger partial charge < -0.3 is 5.11 Å². The summed E-state index contributed by atoms with van der Waals surface area (Å²) in [5.41, 5.74) is 0.295. The van der Waals surface area contributed by atoms with Gasteiger partial charge in [0.05, 0.1) is 5.69 Å². The molecular formula is C14H15NO3. The fourth-order valence-corrected chi connectivity index (χ4v) is 2.29. The lowest BCUT2D eigenvalue weighted by Gasteiger charge is -2.32. The summed E-state index contributed by atoms with van der Waals surface area (Å²) in [7, 11) is 0. The van der Waals surface area contributed by atoms with E-state index in [9.17, 15) is 14.7 Å². The van der Waals surface area contributed by atoms with Crippen molar-refractivity contribution < 1.29 is 14.7 Å². The van der Waals surface area contributed by atoms with E-state index in [1.165, 1.54) is 0 Å². The Morgan fingerprint density at radius 2 is 2.06 bits per heavy atom. The Kier molecular flexibility index (Phi) is 2.73.